The lowest BCUT2D eigenvalue weighted by Gasteiger charge is -2.21. The summed E-state index contributed by atoms with van der Waals surface area (Å²) >= 11 is 12.7. The first kappa shape index (κ1) is 15.3. The Kier molecular flexibility index (Phi) is 3.79. The molecule has 0 bridgehead atoms. The van der Waals surface area contributed by atoms with E-state index in [1.807, 2.05) is 54.6 Å². The maximum Gasteiger partial charge on any atom is 0.243 e. The molecule has 4 rings (SSSR count). The molecule has 1 heterocycles. The maximum absolute atomic E-state index is 13.3. The summed E-state index contributed by atoms with van der Waals surface area (Å²) in [6, 6.07) is 22.8. The van der Waals surface area contributed by atoms with Crippen LogP contribution in [0.15, 0.2) is 72.8 Å². The van der Waals surface area contributed by atoms with Crippen LogP contribution in [-0.2, 0) is 4.79 Å². The third-order valence-electron chi connectivity index (χ3n) is 4.25. The number of para-hydroxylation sites is 2. The number of anilines is 2. The monoisotopic (exact) mass is 353 g/mol. The van der Waals surface area contributed by atoms with Gasteiger partial charge in [-0.2, -0.15) is 0 Å². The van der Waals surface area contributed by atoms with Gasteiger partial charge >= 0.3 is 0 Å². The summed E-state index contributed by atoms with van der Waals surface area (Å²) in [7, 11) is 0. The Morgan fingerprint density at radius 2 is 1.38 bits per heavy atom. The smallest absolute Gasteiger partial charge is 0.243 e. The van der Waals surface area contributed by atoms with Crippen molar-refractivity contribution in [2.45, 2.75) is 5.92 Å². The summed E-state index contributed by atoms with van der Waals surface area (Å²) in [5.41, 5.74) is 3.29. The van der Waals surface area contributed by atoms with Crippen molar-refractivity contribution in [3.8, 4) is 0 Å². The topological polar surface area (TPSA) is 20.3 Å². The molecule has 24 heavy (non-hydrogen) atoms. The minimum atomic E-state index is -0.352. The van der Waals surface area contributed by atoms with Crippen molar-refractivity contribution in [2.75, 3.05) is 4.90 Å². The zero-order valence-electron chi connectivity index (χ0n) is 12.6. The highest BCUT2D eigenvalue weighted by Crippen LogP contribution is 2.48. The van der Waals surface area contributed by atoms with E-state index in [-0.39, 0.29) is 11.8 Å². The van der Waals surface area contributed by atoms with E-state index in [0.29, 0.717) is 15.7 Å². The lowest BCUT2D eigenvalue weighted by Crippen LogP contribution is -2.25. The number of hydrogen-bond donors (Lipinski definition) is 0. The molecule has 0 N–H and O–H groups in total. The van der Waals surface area contributed by atoms with Crippen molar-refractivity contribution >= 4 is 40.5 Å². The van der Waals surface area contributed by atoms with Crippen LogP contribution in [-0.4, -0.2) is 5.91 Å². The van der Waals surface area contributed by atoms with E-state index in [0.717, 1.165) is 16.8 Å². The Balaban J connectivity index is 1.93. The minimum Gasteiger partial charge on any atom is -0.277 e. The van der Waals surface area contributed by atoms with Gasteiger partial charge in [0.1, 0.15) is 0 Å². The molecule has 0 fully saturated rings. The Hall–Kier alpha value is -2.29. The van der Waals surface area contributed by atoms with Crippen LogP contribution in [0.2, 0.25) is 10.0 Å². The average molecular weight is 354 g/mol. The summed E-state index contributed by atoms with van der Waals surface area (Å²) in [4.78, 5) is 14.9. The molecule has 1 unspecified atom stereocenters. The van der Waals surface area contributed by atoms with Gasteiger partial charge in [0.05, 0.1) is 27.3 Å². The molecular formula is C20H13Cl2NO. The maximum atomic E-state index is 13.3. The van der Waals surface area contributed by atoms with Crippen molar-refractivity contribution in [3.05, 3.63) is 94.0 Å². The summed E-state index contributed by atoms with van der Waals surface area (Å²) in [6.07, 6.45) is 0. The molecule has 4 heteroatoms. The lowest BCUT2D eigenvalue weighted by molar-refractivity contribution is -0.117. The zero-order chi connectivity index (χ0) is 16.7. The van der Waals surface area contributed by atoms with Crippen LogP contribution < -0.4 is 4.90 Å². The first-order valence-corrected chi connectivity index (χ1v) is 8.36. The van der Waals surface area contributed by atoms with Crippen molar-refractivity contribution < 1.29 is 4.79 Å². The molecular weight excluding hydrogens is 341 g/mol. The van der Waals surface area contributed by atoms with Crippen LogP contribution >= 0.6 is 23.2 Å². The molecule has 1 amide bonds. The van der Waals surface area contributed by atoms with Crippen LogP contribution in [0.25, 0.3) is 0 Å². The molecule has 1 aliphatic heterocycles. The number of fused-ring (bicyclic) bond motifs is 1. The lowest BCUT2D eigenvalue weighted by atomic mass is 9.93. The van der Waals surface area contributed by atoms with Gasteiger partial charge in [0, 0.05) is 0 Å². The highest BCUT2D eigenvalue weighted by molar-refractivity contribution is 6.40. The second-order valence-electron chi connectivity index (χ2n) is 5.65. The molecule has 1 atom stereocenters. The molecule has 3 aromatic carbocycles. The van der Waals surface area contributed by atoms with E-state index in [4.69, 9.17) is 23.2 Å². The SMILES string of the molecule is O=C1C(c2ccccc2)c2ccccc2N1c1c(Cl)cccc1Cl. The quantitative estimate of drug-likeness (QED) is 0.569. The van der Waals surface area contributed by atoms with Gasteiger partial charge in [-0.05, 0) is 29.3 Å². The molecule has 3 aromatic rings. The van der Waals surface area contributed by atoms with E-state index in [1.54, 1.807) is 23.1 Å². The molecule has 1 aliphatic rings. The molecule has 0 saturated heterocycles. The van der Waals surface area contributed by atoms with Crippen LogP contribution in [0.3, 0.4) is 0 Å². The molecule has 118 valence electrons. The molecule has 0 saturated carbocycles. The van der Waals surface area contributed by atoms with Crippen molar-refractivity contribution in [1.82, 2.24) is 0 Å². The fourth-order valence-corrected chi connectivity index (χ4v) is 3.78. The number of carbonyl (C=O) groups excluding carboxylic acids is 1. The van der Waals surface area contributed by atoms with Gasteiger partial charge in [-0.3, -0.25) is 9.69 Å². The first-order valence-electron chi connectivity index (χ1n) is 7.60. The first-order chi connectivity index (χ1) is 11.7. The number of amides is 1. The minimum absolute atomic E-state index is 0.0441. The van der Waals surface area contributed by atoms with Crippen molar-refractivity contribution in [2.24, 2.45) is 0 Å². The van der Waals surface area contributed by atoms with Gasteiger partial charge in [0.15, 0.2) is 0 Å². The summed E-state index contributed by atoms with van der Waals surface area (Å²) in [6.45, 7) is 0. The van der Waals surface area contributed by atoms with E-state index in [9.17, 15) is 4.79 Å². The Bertz CT molecular complexity index is 904. The second-order valence-corrected chi connectivity index (χ2v) is 6.46. The number of rotatable bonds is 2. The second kappa shape index (κ2) is 5.97. The fraction of sp³-hybridized carbons (Fsp3) is 0.0500. The van der Waals surface area contributed by atoms with Crippen molar-refractivity contribution in [3.63, 3.8) is 0 Å². The third-order valence-corrected chi connectivity index (χ3v) is 4.86. The van der Waals surface area contributed by atoms with E-state index in [2.05, 4.69) is 0 Å². The van der Waals surface area contributed by atoms with Gasteiger partial charge in [-0.1, -0.05) is 77.8 Å². The Morgan fingerprint density at radius 1 is 0.750 bits per heavy atom. The van der Waals surface area contributed by atoms with Crippen LogP contribution in [0.5, 0.6) is 0 Å². The van der Waals surface area contributed by atoms with Crippen molar-refractivity contribution in [1.29, 1.82) is 0 Å². The highest BCUT2D eigenvalue weighted by atomic mass is 35.5. The van der Waals surface area contributed by atoms with Gasteiger partial charge in [-0.15, -0.1) is 0 Å². The van der Waals surface area contributed by atoms with Crippen LogP contribution in [0, 0.1) is 0 Å². The van der Waals surface area contributed by atoms with Gasteiger partial charge in [0.2, 0.25) is 5.91 Å². The summed E-state index contributed by atoms with van der Waals surface area (Å²) in [5.74, 6) is -0.396. The largest absolute Gasteiger partial charge is 0.277 e. The van der Waals surface area contributed by atoms with Gasteiger partial charge in [-0.25, -0.2) is 0 Å². The summed E-state index contributed by atoms with van der Waals surface area (Å²) in [5, 5.41) is 0.915. The normalized spacial score (nSPS) is 16.3. The molecule has 0 aromatic heterocycles. The van der Waals surface area contributed by atoms with E-state index in [1.165, 1.54) is 0 Å². The average Bonchev–Trinajstić information content (AvgIpc) is 2.88. The zero-order valence-corrected chi connectivity index (χ0v) is 14.1. The molecule has 0 aliphatic carbocycles. The summed E-state index contributed by atoms with van der Waals surface area (Å²) < 4.78 is 0. The van der Waals surface area contributed by atoms with Crippen LogP contribution in [0.4, 0.5) is 11.4 Å². The number of benzene rings is 3. The Morgan fingerprint density at radius 3 is 2.08 bits per heavy atom. The van der Waals surface area contributed by atoms with Crippen LogP contribution in [0.1, 0.15) is 17.0 Å². The van der Waals surface area contributed by atoms with E-state index >= 15 is 0 Å². The fourth-order valence-electron chi connectivity index (χ4n) is 3.22. The van der Waals surface area contributed by atoms with Gasteiger partial charge < -0.3 is 0 Å². The molecule has 0 radical (unpaired) electrons. The highest BCUT2D eigenvalue weighted by Gasteiger charge is 2.40. The number of carbonyl (C=O) groups is 1. The third kappa shape index (κ3) is 2.31. The number of hydrogen-bond acceptors (Lipinski definition) is 1. The predicted octanol–water partition coefficient (Wildman–Crippen LogP) is 5.80. The number of nitrogens with zero attached hydrogens (tertiary/aromatic N) is 1. The van der Waals surface area contributed by atoms with Gasteiger partial charge in [0.25, 0.3) is 0 Å². The molecule has 0 spiro atoms. The predicted molar refractivity (Wildman–Crippen MR) is 98.3 cm³/mol. The molecule has 2 nitrogen and oxygen atoms in total. The standard InChI is InChI=1S/C20H13Cl2NO/c21-15-10-6-11-16(22)19(15)23-17-12-5-4-9-14(17)18(20(23)24)13-7-2-1-3-8-13/h1-12,18H. The Labute approximate surface area is 150 Å². The number of halogens is 2. The van der Waals surface area contributed by atoms with E-state index < -0.39 is 0 Å².